The molecule has 3 aromatic heterocycles. The summed E-state index contributed by atoms with van der Waals surface area (Å²) in [6.45, 7) is 0. The summed E-state index contributed by atoms with van der Waals surface area (Å²) in [5, 5.41) is 6.26. The van der Waals surface area contributed by atoms with E-state index in [4.69, 9.17) is 9.97 Å². The standard InChI is InChI=1S/C26H15N3/c1-2-6-18(7-3-1)24-25-20(14-15-27-24)28-26-19-10-4-8-16-12-13-17-9-5-11-21(29(25)26)23(17)22(16)19/h1-15H. The van der Waals surface area contributed by atoms with Gasteiger partial charge >= 0.3 is 0 Å². The summed E-state index contributed by atoms with van der Waals surface area (Å²) in [7, 11) is 0. The maximum Gasteiger partial charge on any atom is 0.146 e. The van der Waals surface area contributed by atoms with E-state index in [1.54, 1.807) is 0 Å². The highest BCUT2D eigenvalue weighted by atomic mass is 15.0. The first-order chi connectivity index (χ1) is 14.4. The third-order valence-electron chi connectivity index (χ3n) is 5.96. The molecule has 0 aliphatic carbocycles. The summed E-state index contributed by atoms with van der Waals surface area (Å²) in [5.74, 6) is 0. The molecule has 0 bridgehead atoms. The molecule has 0 saturated heterocycles. The van der Waals surface area contributed by atoms with Gasteiger partial charge in [0.05, 0.1) is 22.2 Å². The first kappa shape index (κ1) is 15.0. The van der Waals surface area contributed by atoms with Crippen molar-refractivity contribution in [3.05, 3.63) is 91.1 Å². The van der Waals surface area contributed by atoms with Crippen LogP contribution in [0.1, 0.15) is 0 Å². The number of fused-ring (bicyclic) bond motifs is 5. The van der Waals surface area contributed by atoms with Crippen LogP contribution in [0.3, 0.4) is 0 Å². The van der Waals surface area contributed by atoms with Crippen molar-refractivity contribution in [3.8, 4) is 11.3 Å². The van der Waals surface area contributed by atoms with Crippen LogP contribution in [0.2, 0.25) is 0 Å². The summed E-state index contributed by atoms with van der Waals surface area (Å²) in [4.78, 5) is 9.84. The van der Waals surface area contributed by atoms with Crippen LogP contribution >= 0.6 is 0 Å². The fourth-order valence-electron chi connectivity index (χ4n) is 4.76. The maximum atomic E-state index is 5.07. The van der Waals surface area contributed by atoms with Gasteiger partial charge in [-0.3, -0.25) is 9.38 Å². The average Bonchev–Trinajstić information content (AvgIpc) is 3.19. The second-order valence-electron chi connectivity index (χ2n) is 7.51. The zero-order valence-corrected chi connectivity index (χ0v) is 15.5. The van der Waals surface area contributed by atoms with Crippen LogP contribution in [0.4, 0.5) is 0 Å². The van der Waals surface area contributed by atoms with Gasteiger partial charge in [0.25, 0.3) is 0 Å². The van der Waals surface area contributed by atoms with Gasteiger partial charge in [-0.05, 0) is 22.9 Å². The van der Waals surface area contributed by atoms with Crippen molar-refractivity contribution in [2.75, 3.05) is 0 Å². The Bertz CT molecular complexity index is 1690. The Balaban J connectivity index is 1.83. The molecule has 3 heterocycles. The van der Waals surface area contributed by atoms with E-state index < -0.39 is 0 Å². The number of rotatable bonds is 1. The van der Waals surface area contributed by atoms with Crippen molar-refractivity contribution >= 4 is 49.1 Å². The lowest BCUT2D eigenvalue weighted by Gasteiger charge is -2.14. The van der Waals surface area contributed by atoms with Gasteiger partial charge in [0.1, 0.15) is 5.65 Å². The number of hydrogen-bond donors (Lipinski definition) is 0. The Morgan fingerprint density at radius 2 is 1.45 bits per heavy atom. The lowest BCUT2D eigenvalue weighted by molar-refractivity contribution is 1.29. The molecule has 0 aliphatic heterocycles. The maximum absolute atomic E-state index is 5.07. The quantitative estimate of drug-likeness (QED) is 0.311. The van der Waals surface area contributed by atoms with Gasteiger partial charge < -0.3 is 0 Å². The molecule has 0 spiro atoms. The first-order valence-corrected chi connectivity index (χ1v) is 9.78. The van der Waals surface area contributed by atoms with Crippen molar-refractivity contribution in [1.82, 2.24) is 14.4 Å². The molecule has 0 N–H and O–H groups in total. The number of imidazole rings is 1. The van der Waals surface area contributed by atoms with E-state index >= 15 is 0 Å². The monoisotopic (exact) mass is 369 g/mol. The van der Waals surface area contributed by atoms with Gasteiger partial charge in [-0.2, -0.15) is 0 Å². The van der Waals surface area contributed by atoms with Crippen LogP contribution in [-0.4, -0.2) is 14.4 Å². The molecule has 0 atom stereocenters. The highest BCUT2D eigenvalue weighted by Gasteiger charge is 2.19. The second kappa shape index (κ2) is 5.30. The Labute approximate surface area is 166 Å². The van der Waals surface area contributed by atoms with Gasteiger partial charge in [0.15, 0.2) is 0 Å². The molecule has 4 aromatic carbocycles. The van der Waals surface area contributed by atoms with Crippen LogP contribution in [0.15, 0.2) is 91.1 Å². The molecule has 7 aromatic rings. The minimum atomic E-state index is 0.963. The van der Waals surface area contributed by atoms with Crippen molar-refractivity contribution in [2.24, 2.45) is 0 Å². The molecule has 0 fully saturated rings. The van der Waals surface area contributed by atoms with Crippen LogP contribution in [-0.2, 0) is 0 Å². The number of aromatic nitrogens is 3. The average molecular weight is 369 g/mol. The Kier molecular flexibility index (Phi) is 2.74. The summed E-state index contributed by atoms with van der Waals surface area (Å²) in [6.07, 6.45) is 1.86. The van der Waals surface area contributed by atoms with Crippen molar-refractivity contribution < 1.29 is 0 Å². The fraction of sp³-hybridized carbons (Fsp3) is 0. The van der Waals surface area contributed by atoms with Gasteiger partial charge in [0.2, 0.25) is 0 Å². The molecule has 0 unspecified atom stereocenters. The molecular weight excluding hydrogens is 354 g/mol. The van der Waals surface area contributed by atoms with E-state index in [0.29, 0.717) is 0 Å². The number of nitrogens with zero attached hydrogens (tertiary/aromatic N) is 3. The summed E-state index contributed by atoms with van der Waals surface area (Å²) in [5.41, 5.74) is 6.26. The molecular formula is C26H15N3. The first-order valence-electron chi connectivity index (χ1n) is 9.78. The largest absolute Gasteiger partial charge is 0.290 e. The van der Waals surface area contributed by atoms with Gasteiger partial charge in [-0.25, -0.2) is 4.98 Å². The zero-order chi connectivity index (χ0) is 18.9. The highest BCUT2D eigenvalue weighted by Crippen LogP contribution is 2.39. The van der Waals surface area contributed by atoms with Gasteiger partial charge in [-0.15, -0.1) is 0 Å². The van der Waals surface area contributed by atoms with Gasteiger partial charge in [-0.1, -0.05) is 72.8 Å². The molecule has 0 saturated carbocycles. The normalized spacial score (nSPS) is 12.1. The van der Waals surface area contributed by atoms with Crippen molar-refractivity contribution in [1.29, 1.82) is 0 Å². The van der Waals surface area contributed by atoms with Crippen LogP contribution < -0.4 is 0 Å². The predicted molar refractivity (Wildman–Crippen MR) is 120 cm³/mol. The Hall–Kier alpha value is -3.98. The highest BCUT2D eigenvalue weighted by molar-refractivity contribution is 6.26. The van der Waals surface area contributed by atoms with E-state index in [2.05, 4.69) is 77.2 Å². The fourth-order valence-corrected chi connectivity index (χ4v) is 4.76. The molecule has 3 heteroatoms. The van der Waals surface area contributed by atoms with Crippen LogP contribution in [0.25, 0.3) is 60.4 Å². The van der Waals surface area contributed by atoms with Crippen molar-refractivity contribution in [3.63, 3.8) is 0 Å². The molecule has 29 heavy (non-hydrogen) atoms. The molecule has 0 amide bonds. The lowest BCUT2D eigenvalue weighted by Crippen LogP contribution is -1.95. The zero-order valence-electron chi connectivity index (χ0n) is 15.5. The number of benzene rings is 4. The topological polar surface area (TPSA) is 30.2 Å². The van der Waals surface area contributed by atoms with E-state index in [1.165, 1.54) is 32.4 Å². The second-order valence-corrected chi connectivity index (χ2v) is 7.51. The van der Waals surface area contributed by atoms with Crippen LogP contribution in [0.5, 0.6) is 0 Å². The smallest absolute Gasteiger partial charge is 0.146 e. The SMILES string of the molecule is c1ccc(-c2nccc3nc4c5cccc6ccc7cccc(c7c65)n4c23)cc1. The minimum Gasteiger partial charge on any atom is -0.290 e. The lowest BCUT2D eigenvalue weighted by atomic mass is 9.97. The summed E-state index contributed by atoms with van der Waals surface area (Å²) < 4.78 is 2.30. The van der Waals surface area contributed by atoms with Gasteiger partial charge in [0, 0.05) is 27.9 Å². The van der Waals surface area contributed by atoms with Crippen LogP contribution in [0, 0.1) is 0 Å². The Morgan fingerprint density at radius 3 is 2.31 bits per heavy atom. The van der Waals surface area contributed by atoms with E-state index in [0.717, 1.165) is 27.9 Å². The molecule has 134 valence electrons. The molecule has 7 rings (SSSR count). The molecule has 0 aliphatic rings. The van der Waals surface area contributed by atoms with Crippen molar-refractivity contribution in [2.45, 2.75) is 0 Å². The molecule has 3 nitrogen and oxygen atoms in total. The minimum absolute atomic E-state index is 0.963. The molecule has 0 radical (unpaired) electrons. The van der Waals surface area contributed by atoms with E-state index in [-0.39, 0.29) is 0 Å². The predicted octanol–water partition coefficient (Wildman–Crippen LogP) is 6.45. The van der Waals surface area contributed by atoms with E-state index in [1.807, 2.05) is 18.3 Å². The summed E-state index contributed by atoms with van der Waals surface area (Å²) >= 11 is 0. The Morgan fingerprint density at radius 1 is 0.655 bits per heavy atom. The third-order valence-corrected chi connectivity index (χ3v) is 5.96. The number of hydrogen-bond acceptors (Lipinski definition) is 2. The summed E-state index contributed by atoms with van der Waals surface area (Å²) in [6, 6.07) is 29.8. The van der Waals surface area contributed by atoms with E-state index in [9.17, 15) is 0 Å². The third kappa shape index (κ3) is 1.87. The number of pyridine rings is 2.